The van der Waals surface area contributed by atoms with Crippen LogP contribution in [0.4, 0.5) is 10.1 Å². The molecule has 0 spiro atoms. The Hall–Kier alpha value is 0.289. The molecule has 12 heavy (non-hydrogen) atoms. The van der Waals surface area contributed by atoms with Crippen molar-refractivity contribution in [1.82, 2.24) is 0 Å². The van der Waals surface area contributed by atoms with E-state index >= 15 is 0 Å². The maximum atomic E-state index is 12.2. The summed E-state index contributed by atoms with van der Waals surface area (Å²) >= 11 is -4.74. The van der Waals surface area contributed by atoms with E-state index in [1.165, 1.54) is 6.08 Å². The third kappa shape index (κ3) is 6.97. The predicted octanol–water partition coefficient (Wildman–Crippen LogP) is 2.82. The summed E-state index contributed by atoms with van der Waals surface area (Å²) in [6.07, 6.45) is 2.72. The molecule has 1 rings (SSSR count). The van der Waals surface area contributed by atoms with Gasteiger partial charge in [0.25, 0.3) is 0 Å². The van der Waals surface area contributed by atoms with Gasteiger partial charge in [0.1, 0.15) is 6.67 Å². The molecule has 1 aliphatic heterocycles. The molecule has 1 heterocycles. The van der Waals surface area contributed by atoms with Crippen LogP contribution in [0.1, 0.15) is 12.8 Å². The second kappa shape index (κ2) is 6.77. The first-order chi connectivity index (χ1) is 5.62. The molecule has 5 heteroatoms. The molecule has 0 atom stereocenters. The van der Waals surface area contributed by atoms with E-state index in [2.05, 4.69) is 9.65 Å². The molecular weight excluding hydrogens is 276 g/mol. The summed E-state index contributed by atoms with van der Waals surface area (Å²) in [5, 5.41) is 0. The van der Waals surface area contributed by atoms with Gasteiger partial charge in [-0.15, -0.1) is 6.58 Å². The number of rotatable bonds is 1. The number of hydrogen-bond donors (Lipinski definition) is 0. The summed E-state index contributed by atoms with van der Waals surface area (Å²) in [5.74, 6) is 0. The van der Waals surface area contributed by atoms with Crippen molar-refractivity contribution in [3.63, 3.8) is 0 Å². The van der Waals surface area contributed by atoms with Crippen molar-refractivity contribution < 1.29 is 13.2 Å². The van der Waals surface area contributed by atoms with Crippen molar-refractivity contribution in [2.75, 3.05) is 13.3 Å². The zero-order chi connectivity index (χ0) is 9.45. The van der Waals surface area contributed by atoms with Gasteiger partial charge in [0, 0.05) is 0 Å². The molecule has 0 aliphatic carbocycles. The Morgan fingerprint density at radius 3 is 2.17 bits per heavy atom. The van der Waals surface area contributed by atoms with Crippen molar-refractivity contribution in [2.45, 2.75) is 17.3 Å². The van der Waals surface area contributed by atoms with Crippen LogP contribution >= 0.6 is 0 Å². The number of halogens is 3. The van der Waals surface area contributed by atoms with Crippen LogP contribution in [0.15, 0.2) is 12.7 Å². The molecule has 0 bridgehead atoms. The van der Waals surface area contributed by atoms with Crippen LogP contribution < -0.4 is 0 Å². The third-order valence-electron chi connectivity index (χ3n) is 1.28. The van der Waals surface area contributed by atoms with Gasteiger partial charge >= 0.3 is 52.6 Å². The number of allylic oxidation sites excluding steroid dienone is 1. The average Bonchev–Trinajstić information content (AvgIpc) is 2.05. The van der Waals surface area contributed by atoms with E-state index in [0.717, 1.165) is 6.42 Å². The summed E-state index contributed by atoms with van der Waals surface area (Å²) in [7, 11) is 0. The van der Waals surface area contributed by atoms with Gasteiger partial charge in [-0.2, -0.15) is 0 Å². The Kier molecular flexibility index (Phi) is 6.93. The summed E-state index contributed by atoms with van der Waals surface area (Å²) in [4.78, 5) is 0. The van der Waals surface area contributed by atoms with Gasteiger partial charge in [-0.3, -0.25) is 0 Å². The quantitative estimate of drug-likeness (QED) is 0.533. The van der Waals surface area contributed by atoms with Crippen LogP contribution in [0.2, 0.25) is 4.44 Å². The molecule has 0 saturated carbocycles. The topological polar surface area (TPSA) is 9.23 Å². The molecule has 0 aromatic heterocycles. The van der Waals surface area contributed by atoms with Crippen molar-refractivity contribution in [2.24, 2.45) is 0 Å². The predicted molar refractivity (Wildman–Crippen MR) is 44.1 cm³/mol. The van der Waals surface area contributed by atoms with Gasteiger partial charge in [-0.05, 0) is 0 Å². The molecule has 0 aromatic carbocycles. The van der Waals surface area contributed by atoms with Crippen LogP contribution in [-0.2, 0) is 3.07 Å². The van der Waals surface area contributed by atoms with Crippen molar-refractivity contribution in [1.29, 1.82) is 0 Å². The second-order valence-corrected chi connectivity index (χ2v) is 8.27. The fourth-order valence-corrected chi connectivity index (χ4v) is 4.29. The first-order valence-electron chi connectivity index (χ1n) is 3.81. The molecular formula is C7H13F3OSn. The van der Waals surface area contributed by atoms with Crippen molar-refractivity contribution in [3.8, 4) is 0 Å². The summed E-state index contributed by atoms with van der Waals surface area (Å²) in [6.45, 7) is 3.00. The average molecular weight is 289 g/mol. The van der Waals surface area contributed by atoms with Crippen molar-refractivity contribution in [3.05, 3.63) is 12.7 Å². The number of hydrogen-bond acceptors (Lipinski definition) is 1. The van der Waals surface area contributed by atoms with Gasteiger partial charge in [-0.25, -0.2) is 4.39 Å². The molecule has 0 unspecified atom stereocenters. The molecule has 1 aliphatic rings. The molecule has 0 N–H and O–H groups in total. The van der Waals surface area contributed by atoms with E-state index in [4.69, 9.17) is 0 Å². The SMILES string of the molecule is C=CCF.[F][Sn]1([F])[CH2]CCC[O]1. The first-order valence-corrected chi connectivity index (χ1v) is 9.15. The van der Waals surface area contributed by atoms with E-state index in [9.17, 15) is 10.1 Å². The zero-order valence-corrected chi connectivity index (χ0v) is 9.72. The Morgan fingerprint density at radius 1 is 1.42 bits per heavy atom. The van der Waals surface area contributed by atoms with E-state index < -0.39 is 26.6 Å². The molecule has 0 aromatic rings. The van der Waals surface area contributed by atoms with E-state index in [1.807, 2.05) is 0 Å². The summed E-state index contributed by atoms with van der Waals surface area (Å²) < 4.78 is 39.4. The van der Waals surface area contributed by atoms with Crippen molar-refractivity contribution >= 4 is 19.9 Å². The Balaban J connectivity index is 0.000000261. The minimum atomic E-state index is -4.74. The van der Waals surface area contributed by atoms with Gasteiger partial charge < -0.3 is 0 Å². The summed E-state index contributed by atoms with van der Waals surface area (Å²) in [6, 6.07) is 0. The molecule has 0 amide bonds. The van der Waals surface area contributed by atoms with Gasteiger partial charge in [0.2, 0.25) is 0 Å². The Bertz CT molecular complexity index is 122. The number of alkyl halides is 1. The summed E-state index contributed by atoms with van der Waals surface area (Å²) in [5.41, 5.74) is 0. The fraction of sp³-hybridized carbons (Fsp3) is 0.714. The molecule has 1 saturated heterocycles. The van der Waals surface area contributed by atoms with E-state index in [0.29, 0.717) is 13.0 Å². The molecule has 72 valence electrons. The molecule has 1 nitrogen and oxygen atoms in total. The molecule has 1 fully saturated rings. The van der Waals surface area contributed by atoms with Crippen LogP contribution in [-0.4, -0.2) is 33.2 Å². The van der Waals surface area contributed by atoms with E-state index in [-0.39, 0.29) is 4.44 Å². The monoisotopic (exact) mass is 290 g/mol. The molecule has 0 radical (unpaired) electrons. The minimum absolute atomic E-state index is 0.106. The van der Waals surface area contributed by atoms with E-state index in [1.54, 1.807) is 0 Å². The second-order valence-electron chi connectivity index (χ2n) is 2.39. The Labute approximate surface area is 76.6 Å². The van der Waals surface area contributed by atoms with Gasteiger partial charge in [0.15, 0.2) is 0 Å². The third-order valence-corrected chi connectivity index (χ3v) is 5.74. The van der Waals surface area contributed by atoms with Crippen LogP contribution in [0.3, 0.4) is 0 Å². The van der Waals surface area contributed by atoms with Gasteiger partial charge in [-0.1, -0.05) is 6.08 Å². The zero-order valence-electron chi connectivity index (χ0n) is 6.86. The normalized spacial score (nSPS) is 20.6. The Morgan fingerprint density at radius 2 is 2.00 bits per heavy atom. The fourth-order valence-electron chi connectivity index (χ4n) is 0.727. The standard InChI is InChI=1S/C4H8O.C3H5F.2FH.Sn/c1-2-3-4-5;1-2-3-4;;;/h1-4H2;2H,1,3H2;2*1H;/q-1;;;;+3/p-2. The van der Waals surface area contributed by atoms with Crippen LogP contribution in [0.5, 0.6) is 0 Å². The van der Waals surface area contributed by atoms with Crippen LogP contribution in [0.25, 0.3) is 0 Å². The van der Waals surface area contributed by atoms with Gasteiger partial charge in [0.05, 0.1) is 0 Å². The maximum absolute atomic E-state index is 12.2. The van der Waals surface area contributed by atoms with Crippen LogP contribution in [0, 0.1) is 0 Å². The first kappa shape index (κ1) is 12.3.